The number of hydrogen-bond donors (Lipinski definition) is 2. The first-order valence-corrected chi connectivity index (χ1v) is 22.6. The van der Waals surface area contributed by atoms with Crippen molar-refractivity contribution < 1.29 is 32.9 Å². The van der Waals surface area contributed by atoms with Crippen LogP contribution in [0.25, 0.3) is 0 Å². The van der Waals surface area contributed by atoms with Gasteiger partial charge in [-0.1, -0.05) is 164 Å². The second-order valence-electron chi connectivity index (χ2n) is 15.3. The molecule has 0 aliphatic carbocycles. The summed E-state index contributed by atoms with van der Waals surface area (Å²) < 4.78 is 23.2. The van der Waals surface area contributed by atoms with Gasteiger partial charge < -0.3 is 28.8 Å². The normalized spacial score (nSPS) is 15.1. The second-order valence-corrected chi connectivity index (χ2v) is 16.7. The van der Waals surface area contributed by atoms with Gasteiger partial charge >= 0.3 is 0 Å². The van der Waals surface area contributed by atoms with E-state index in [9.17, 15) is 19.4 Å². The maximum Gasteiger partial charge on any atom is 0.268 e. The van der Waals surface area contributed by atoms with Crippen molar-refractivity contribution in [3.05, 3.63) is 60.8 Å². The van der Waals surface area contributed by atoms with Crippen LogP contribution in [0.5, 0.6) is 0 Å². The van der Waals surface area contributed by atoms with Crippen LogP contribution in [0, 0.1) is 0 Å². The van der Waals surface area contributed by atoms with E-state index in [0.29, 0.717) is 23.9 Å². The molecule has 9 heteroatoms. The molecule has 53 heavy (non-hydrogen) atoms. The number of likely N-dealkylation sites (N-methyl/N-ethyl adjacent to an activating group) is 1. The fourth-order valence-corrected chi connectivity index (χ4v) is 6.38. The lowest BCUT2D eigenvalue weighted by atomic mass is 10.0. The summed E-state index contributed by atoms with van der Waals surface area (Å²) in [5, 5.41) is 13.8. The average molecular weight is 765 g/mol. The maximum absolute atomic E-state index is 12.8. The maximum atomic E-state index is 12.8. The molecule has 0 aliphatic rings. The second kappa shape index (κ2) is 35.9. The standard InChI is InChI=1S/C44H81N2O6P/c1-6-8-10-12-14-16-18-20-22-23-24-26-28-30-32-34-36-38-44(48)45-42(41-52-53(49,50)51-40-39-46(3,4)5)43(47)37-35-33-31-29-27-25-21-19-17-15-13-11-9-7-2/h8,10,14,16,20,22,24,26,30,32,42-43,47H,6-7,9,11-13,15,17-19,21,23,25,27-29,31,33-41H2,1-5H3,(H-,45,48,49,50)/b10-8-,16-14-,22-20-,26-24-,32-30-. The molecule has 0 aliphatic heterocycles. The first-order chi connectivity index (χ1) is 25.5. The number of amides is 1. The summed E-state index contributed by atoms with van der Waals surface area (Å²) in [7, 11) is 1.26. The molecule has 0 saturated carbocycles. The van der Waals surface area contributed by atoms with E-state index in [1.807, 2.05) is 21.1 Å². The summed E-state index contributed by atoms with van der Waals surface area (Å²) in [5.41, 5.74) is 0. The zero-order valence-electron chi connectivity index (χ0n) is 34.7. The number of aliphatic hydroxyl groups excluding tert-OH is 1. The minimum Gasteiger partial charge on any atom is -0.756 e. The molecule has 3 atom stereocenters. The monoisotopic (exact) mass is 765 g/mol. The third kappa shape index (κ3) is 38.3. The van der Waals surface area contributed by atoms with E-state index in [1.54, 1.807) is 0 Å². The topological polar surface area (TPSA) is 108 Å². The van der Waals surface area contributed by atoms with Gasteiger partial charge in [0.1, 0.15) is 13.2 Å². The van der Waals surface area contributed by atoms with Crippen molar-refractivity contribution in [1.29, 1.82) is 0 Å². The Labute approximate surface area is 326 Å². The van der Waals surface area contributed by atoms with E-state index >= 15 is 0 Å². The van der Waals surface area contributed by atoms with Crippen LogP contribution in [-0.2, 0) is 18.4 Å². The van der Waals surface area contributed by atoms with Crippen LogP contribution in [0.4, 0.5) is 0 Å². The number of carbonyl (C=O) groups is 1. The van der Waals surface area contributed by atoms with Crippen molar-refractivity contribution in [1.82, 2.24) is 5.32 Å². The van der Waals surface area contributed by atoms with Crippen LogP contribution >= 0.6 is 7.82 Å². The predicted molar refractivity (Wildman–Crippen MR) is 224 cm³/mol. The Morgan fingerprint density at radius 1 is 0.679 bits per heavy atom. The highest BCUT2D eigenvalue weighted by Crippen LogP contribution is 2.38. The van der Waals surface area contributed by atoms with Gasteiger partial charge in [-0.15, -0.1) is 0 Å². The van der Waals surface area contributed by atoms with Crippen molar-refractivity contribution in [2.45, 2.75) is 174 Å². The molecule has 0 aromatic rings. The van der Waals surface area contributed by atoms with Crippen molar-refractivity contribution in [2.24, 2.45) is 0 Å². The number of aliphatic hydroxyl groups is 1. The van der Waals surface area contributed by atoms with Gasteiger partial charge in [-0.3, -0.25) is 9.36 Å². The van der Waals surface area contributed by atoms with E-state index in [0.717, 1.165) is 57.8 Å². The van der Waals surface area contributed by atoms with Crippen LogP contribution in [-0.4, -0.2) is 68.5 Å². The van der Waals surface area contributed by atoms with E-state index in [2.05, 4.69) is 79.9 Å². The highest BCUT2D eigenvalue weighted by molar-refractivity contribution is 7.45. The third-order valence-electron chi connectivity index (χ3n) is 9.02. The average Bonchev–Trinajstić information content (AvgIpc) is 3.10. The Balaban J connectivity index is 4.53. The highest BCUT2D eigenvalue weighted by atomic mass is 31.2. The fourth-order valence-electron chi connectivity index (χ4n) is 5.66. The third-order valence-corrected chi connectivity index (χ3v) is 9.98. The first-order valence-electron chi connectivity index (χ1n) is 21.1. The molecule has 308 valence electrons. The lowest BCUT2D eigenvalue weighted by molar-refractivity contribution is -0.870. The van der Waals surface area contributed by atoms with Gasteiger partial charge in [-0.25, -0.2) is 0 Å². The van der Waals surface area contributed by atoms with E-state index in [4.69, 9.17) is 9.05 Å². The van der Waals surface area contributed by atoms with Crippen LogP contribution < -0.4 is 10.2 Å². The van der Waals surface area contributed by atoms with Crippen LogP contribution in [0.3, 0.4) is 0 Å². The van der Waals surface area contributed by atoms with Crippen molar-refractivity contribution in [3.63, 3.8) is 0 Å². The highest BCUT2D eigenvalue weighted by Gasteiger charge is 2.24. The van der Waals surface area contributed by atoms with Gasteiger partial charge in [0, 0.05) is 6.42 Å². The molecule has 0 fully saturated rings. The number of nitrogens with one attached hydrogen (secondary N) is 1. The Morgan fingerprint density at radius 2 is 1.13 bits per heavy atom. The molecular formula is C44H81N2O6P. The summed E-state index contributed by atoms with van der Waals surface area (Å²) >= 11 is 0. The summed E-state index contributed by atoms with van der Waals surface area (Å²) in [6.45, 7) is 4.54. The molecule has 2 N–H and O–H groups in total. The quantitative estimate of drug-likeness (QED) is 0.0282. The Kier molecular flexibility index (Phi) is 34.7. The Hall–Kier alpha value is -1.80. The molecule has 0 aromatic carbocycles. The first kappa shape index (κ1) is 51.2. The van der Waals surface area contributed by atoms with E-state index in [1.165, 1.54) is 70.6 Å². The Bertz CT molecular complexity index is 1050. The Morgan fingerprint density at radius 3 is 1.60 bits per heavy atom. The largest absolute Gasteiger partial charge is 0.756 e. The lowest BCUT2D eigenvalue weighted by Crippen LogP contribution is -2.46. The van der Waals surface area contributed by atoms with Gasteiger partial charge in [-0.05, 0) is 51.4 Å². The van der Waals surface area contributed by atoms with Crippen molar-refractivity contribution in [3.8, 4) is 0 Å². The molecule has 1 amide bonds. The number of hydrogen-bond acceptors (Lipinski definition) is 6. The molecule has 0 rings (SSSR count). The summed E-state index contributed by atoms with van der Waals surface area (Å²) in [5.74, 6) is -0.224. The van der Waals surface area contributed by atoms with Crippen LogP contribution in [0.15, 0.2) is 60.8 Å². The number of phosphoric ester groups is 1. The van der Waals surface area contributed by atoms with Gasteiger partial charge in [-0.2, -0.15) is 0 Å². The number of phosphoric acid groups is 1. The molecule has 0 aromatic heterocycles. The summed E-state index contributed by atoms with van der Waals surface area (Å²) in [6.07, 6.45) is 45.1. The molecule has 3 unspecified atom stereocenters. The van der Waals surface area contributed by atoms with Crippen molar-refractivity contribution in [2.75, 3.05) is 40.9 Å². The number of rotatable bonds is 37. The number of unbranched alkanes of at least 4 members (excludes halogenated alkanes) is 14. The smallest absolute Gasteiger partial charge is 0.268 e. The predicted octanol–water partition coefficient (Wildman–Crippen LogP) is 10.8. The molecule has 0 radical (unpaired) electrons. The molecule has 0 saturated heterocycles. The van der Waals surface area contributed by atoms with Gasteiger partial charge in [0.05, 0.1) is 39.9 Å². The minimum atomic E-state index is -4.58. The number of allylic oxidation sites excluding steroid dienone is 10. The lowest BCUT2D eigenvalue weighted by Gasteiger charge is -2.30. The zero-order valence-corrected chi connectivity index (χ0v) is 35.6. The number of nitrogens with zero attached hydrogens (tertiary/aromatic N) is 1. The number of quaternary nitrogens is 1. The molecule has 0 spiro atoms. The minimum absolute atomic E-state index is 0.00128. The van der Waals surface area contributed by atoms with Crippen molar-refractivity contribution >= 4 is 13.7 Å². The molecular weight excluding hydrogens is 683 g/mol. The molecule has 0 bridgehead atoms. The van der Waals surface area contributed by atoms with Crippen LogP contribution in [0.1, 0.15) is 162 Å². The SMILES string of the molecule is CC/C=C\C/C=C\C/C=C\C/C=C\C/C=C\CCCC(=O)NC(COP(=O)([O-])OCC[N+](C)(C)C)C(O)CCCCCCCCCCCCCCCC. The summed E-state index contributed by atoms with van der Waals surface area (Å²) in [6, 6.07) is -0.831. The molecule has 0 heterocycles. The van der Waals surface area contributed by atoms with Gasteiger partial charge in [0.25, 0.3) is 7.82 Å². The summed E-state index contributed by atoms with van der Waals surface area (Å²) in [4.78, 5) is 25.3. The van der Waals surface area contributed by atoms with E-state index < -0.39 is 20.0 Å². The van der Waals surface area contributed by atoms with Gasteiger partial charge in [0.2, 0.25) is 5.91 Å². The molecule has 8 nitrogen and oxygen atoms in total. The van der Waals surface area contributed by atoms with Crippen LogP contribution in [0.2, 0.25) is 0 Å². The number of carbonyl (C=O) groups excluding carboxylic acids is 1. The zero-order chi connectivity index (χ0) is 39.3. The fraction of sp³-hybridized carbons (Fsp3) is 0.750. The van der Waals surface area contributed by atoms with Gasteiger partial charge in [0.15, 0.2) is 0 Å². The van der Waals surface area contributed by atoms with E-state index in [-0.39, 0.29) is 25.5 Å².